The van der Waals surface area contributed by atoms with Gasteiger partial charge in [-0.2, -0.15) is 0 Å². The molecule has 17 heavy (non-hydrogen) atoms. The number of ether oxygens (including phenoxy) is 1. The Balaban J connectivity index is 2.63. The van der Waals surface area contributed by atoms with Crippen LogP contribution in [0.1, 0.15) is 22.8 Å². The van der Waals surface area contributed by atoms with E-state index in [-0.39, 0.29) is 0 Å². The molecule has 1 atom stereocenters. The molecule has 5 nitrogen and oxygen atoms in total. The van der Waals surface area contributed by atoms with Crippen molar-refractivity contribution in [2.75, 3.05) is 6.61 Å². The molecule has 0 aliphatic heterocycles. The number of hydrogen-bond acceptors (Lipinski definition) is 4. The third-order valence-electron chi connectivity index (χ3n) is 2.28. The Labute approximate surface area is 99.7 Å². The van der Waals surface area contributed by atoms with Crippen LogP contribution in [0.15, 0.2) is 24.3 Å². The lowest BCUT2D eigenvalue weighted by Crippen LogP contribution is -2.34. The van der Waals surface area contributed by atoms with Crippen molar-refractivity contribution in [3.63, 3.8) is 0 Å². The predicted octanol–water partition coefficient (Wildman–Crippen LogP) is 0.218. The largest absolute Gasteiger partial charge is 0.465 e. The molecule has 0 saturated heterocycles. The molecule has 92 valence electrons. The minimum atomic E-state index is -0.686. The Bertz CT molecular complexity index is 401. The van der Waals surface area contributed by atoms with Crippen LogP contribution in [0.25, 0.3) is 0 Å². The highest BCUT2D eigenvalue weighted by Gasteiger charge is 2.14. The van der Waals surface area contributed by atoms with Crippen molar-refractivity contribution >= 4 is 11.9 Å². The van der Waals surface area contributed by atoms with E-state index < -0.39 is 17.9 Å². The lowest BCUT2D eigenvalue weighted by molar-refractivity contribution is -0.144. The van der Waals surface area contributed by atoms with Crippen molar-refractivity contribution in [2.45, 2.75) is 19.4 Å². The summed E-state index contributed by atoms with van der Waals surface area (Å²) in [6.45, 7) is 2.04. The number of rotatable bonds is 5. The molecule has 0 radical (unpaired) electrons. The summed E-state index contributed by atoms with van der Waals surface area (Å²) in [6, 6.07) is 5.97. The highest BCUT2D eigenvalue weighted by atomic mass is 16.5. The molecule has 1 aromatic carbocycles. The minimum absolute atomic E-state index is 0.313. The van der Waals surface area contributed by atoms with Gasteiger partial charge in [-0.25, -0.2) is 0 Å². The van der Waals surface area contributed by atoms with Crippen LogP contribution in [0.2, 0.25) is 0 Å². The molecule has 0 aliphatic rings. The first-order chi connectivity index (χ1) is 8.04. The normalized spacial score (nSPS) is 11.9. The SMILES string of the molecule is CCOC(=O)C(N)Cc1ccc(C(N)=O)cc1. The summed E-state index contributed by atoms with van der Waals surface area (Å²) in [4.78, 5) is 22.2. The molecule has 0 bridgehead atoms. The van der Waals surface area contributed by atoms with E-state index in [0.29, 0.717) is 18.6 Å². The summed E-state index contributed by atoms with van der Waals surface area (Å²) in [7, 11) is 0. The molecule has 1 aromatic rings. The first-order valence-electron chi connectivity index (χ1n) is 5.35. The zero-order valence-corrected chi connectivity index (χ0v) is 9.68. The predicted molar refractivity (Wildman–Crippen MR) is 63.3 cm³/mol. The maximum absolute atomic E-state index is 11.3. The van der Waals surface area contributed by atoms with Gasteiger partial charge in [0.25, 0.3) is 0 Å². The Morgan fingerprint density at radius 2 is 1.88 bits per heavy atom. The van der Waals surface area contributed by atoms with Crippen molar-refractivity contribution in [3.05, 3.63) is 35.4 Å². The smallest absolute Gasteiger partial charge is 0.323 e. The fourth-order valence-electron chi connectivity index (χ4n) is 1.39. The van der Waals surface area contributed by atoms with Crippen molar-refractivity contribution in [1.29, 1.82) is 0 Å². The van der Waals surface area contributed by atoms with E-state index in [9.17, 15) is 9.59 Å². The van der Waals surface area contributed by atoms with Crippen LogP contribution in [0, 0.1) is 0 Å². The van der Waals surface area contributed by atoms with E-state index >= 15 is 0 Å². The van der Waals surface area contributed by atoms with Crippen LogP contribution in [-0.2, 0) is 16.0 Å². The van der Waals surface area contributed by atoms with Crippen LogP contribution < -0.4 is 11.5 Å². The summed E-state index contributed by atoms with van der Waals surface area (Å²) < 4.78 is 4.80. The van der Waals surface area contributed by atoms with Crippen molar-refractivity contribution in [3.8, 4) is 0 Å². The van der Waals surface area contributed by atoms with Gasteiger partial charge in [0.2, 0.25) is 5.91 Å². The van der Waals surface area contributed by atoms with Crippen molar-refractivity contribution in [1.82, 2.24) is 0 Å². The number of esters is 1. The van der Waals surface area contributed by atoms with Crippen LogP contribution in [0.3, 0.4) is 0 Å². The molecular formula is C12H16N2O3. The maximum atomic E-state index is 11.3. The van der Waals surface area contributed by atoms with E-state index in [1.54, 1.807) is 31.2 Å². The van der Waals surface area contributed by atoms with Gasteiger partial charge in [-0.15, -0.1) is 0 Å². The second-order valence-electron chi connectivity index (χ2n) is 3.62. The summed E-state index contributed by atoms with van der Waals surface area (Å²) in [5.41, 5.74) is 12.1. The van der Waals surface area contributed by atoms with Gasteiger partial charge in [0.05, 0.1) is 6.61 Å². The van der Waals surface area contributed by atoms with E-state index in [1.807, 2.05) is 0 Å². The van der Waals surface area contributed by atoms with Gasteiger partial charge in [0.15, 0.2) is 0 Å². The monoisotopic (exact) mass is 236 g/mol. The molecule has 1 unspecified atom stereocenters. The van der Waals surface area contributed by atoms with Gasteiger partial charge < -0.3 is 16.2 Å². The summed E-state index contributed by atoms with van der Waals surface area (Å²) >= 11 is 0. The second kappa shape index (κ2) is 6.00. The number of benzene rings is 1. The average molecular weight is 236 g/mol. The van der Waals surface area contributed by atoms with E-state index in [1.165, 1.54) is 0 Å². The standard InChI is InChI=1S/C12H16N2O3/c1-2-17-12(16)10(13)7-8-3-5-9(6-4-8)11(14)15/h3-6,10H,2,7,13H2,1H3,(H2,14,15). The van der Waals surface area contributed by atoms with Crippen LogP contribution in [-0.4, -0.2) is 24.5 Å². The quantitative estimate of drug-likeness (QED) is 0.715. The Hall–Kier alpha value is -1.88. The average Bonchev–Trinajstić information content (AvgIpc) is 2.30. The molecule has 0 aliphatic carbocycles. The first-order valence-corrected chi connectivity index (χ1v) is 5.35. The van der Waals surface area contributed by atoms with Gasteiger partial charge in [-0.1, -0.05) is 12.1 Å². The molecule has 5 heteroatoms. The number of hydrogen-bond donors (Lipinski definition) is 2. The topological polar surface area (TPSA) is 95.4 Å². The van der Waals surface area contributed by atoms with Gasteiger partial charge >= 0.3 is 5.97 Å². The molecule has 0 aromatic heterocycles. The highest BCUT2D eigenvalue weighted by molar-refractivity contribution is 5.92. The summed E-state index contributed by atoms with van der Waals surface area (Å²) in [6.07, 6.45) is 0.373. The van der Waals surface area contributed by atoms with Crippen LogP contribution in [0.5, 0.6) is 0 Å². The molecule has 4 N–H and O–H groups in total. The van der Waals surface area contributed by atoms with Crippen LogP contribution in [0.4, 0.5) is 0 Å². The van der Waals surface area contributed by atoms with Crippen LogP contribution >= 0.6 is 0 Å². The number of carbonyl (C=O) groups is 2. The summed E-state index contributed by atoms with van der Waals surface area (Å²) in [5.74, 6) is -0.905. The second-order valence-corrected chi connectivity index (χ2v) is 3.62. The Kier molecular flexibility index (Phi) is 4.66. The van der Waals surface area contributed by atoms with Gasteiger partial charge in [0.1, 0.15) is 6.04 Å². The zero-order chi connectivity index (χ0) is 12.8. The van der Waals surface area contributed by atoms with Crippen molar-refractivity contribution in [2.24, 2.45) is 11.5 Å². The lowest BCUT2D eigenvalue weighted by atomic mass is 10.0. The molecule has 1 amide bonds. The van der Waals surface area contributed by atoms with E-state index in [2.05, 4.69) is 0 Å². The number of amides is 1. The fourth-order valence-corrected chi connectivity index (χ4v) is 1.39. The van der Waals surface area contributed by atoms with Gasteiger partial charge in [-0.05, 0) is 31.0 Å². The summed E-state index contributed by atoms with van der Waals surface area (Å²) in [5, 5.41) is 0. The molecular weight excluding hydrogens is 220 g/mol. The van der Waals surface area contributed by atoms with E-state index in [4.69, 9.17) is 16.2 Å². The molecule has 0 fully saturated rings. The number of nitrogens with two attached hydrogens (primary N) is 2. The third-order valence-corrected chi connectivity index (χ3v) is 2.28. The Morgan fingerprint density at radius 3 is 2.35 bits per heavy atom. The zero-order valence-electron chi connectivity index (χ0n) is 9.68. The van der Waals surface area contributed by atoms with Crippen molar-refractivity contribution < 1.29 is 14.3 Å². The number of primary amides is 1. The van der Waals surface area contributed by atoms with Gasteiger partial charge in [0, 0.05) is 5.56 Å². The lowest BCUT2D eigenvalue weighted by Gasteiger charge is -2.10. The maximum Gasteiger partial charge on any atom is 0.323 e. The van der Waals surface area contributed by atoms with Gasteiger partial charge in [-0.3, -0.25) is 9.59 Å². The Morgan fingerprint density at radius 1 is 1.29 bits per heavy atom. The number of carbonyl (C=O) groups excluding carboxylic acids is 2. The minimum Gasteiger partial charge on any atom is -0.465 e. The fraction of sp³-hybridized carbons (Fsp3) is 0.333. The molecule has 0 heterocycles. The highest BCUT2D eigenvalue weighted by Crippen LogP contribution is 2.06. The molecule has 0 spiro atoms. The van der Waals surface area contributed by atoms with E-state index in [0.717, 1.165) is 5.56 Å². The first kappa shape index (κ1) is 13.2. The molecule has 0 saturated carbocycles. The molecule has 1 rings (SSSR count). The third kappa shape index (κ3) is 3.88.